The number of nitro groups is 1. The number of piperidine rings is 1. The Balaban J connectivity index is 2.43. The molecule has 0 aromatic rings. The summed E-state index contributed by atoms with van der Waals surface area (Å²) >= 11 is 0. The first-order valence-corrected chi connectivity index (χ1v) is 4.03. The summed E-state index contributed by atoms with van der Waals surface area (Å²) in [6.07, 6.45) is 5.45. The average Bonchev–Trinajstić information content (AvgIpc) is 2.03. The Labute approximate surface area is 71.0 Å². The molecule has 0 radical (unpaired) electrons. The van der Waals surface area contributed by atoms with Crippen molar-refractivity contribution in [2.45, 2.75) is 25.4 Å². The molecule has 1 rings (SSSR count). The van der Waals surface area contributed by atoms with Crippen molar-refractivity contribution in [1.29, 1.82) is 0 Å². The van der Waals surface area contributed by atoms with Crippen LogP contribution in [0.1, 0.15) is 19.3 Å². The van der Waals surface area contributed by atoms with E-state index in [1.165, 1.54) is 6.20 Å². The van der Waals surface area contributed by atoms with Gasteiger partial charge in [0.1, 0.15) is 0 Å². The molecule has 1 heterocycles. The second-order valence-electron chi connectivity index (χ2n) is 2.88. The third kappa shape index (κ3) is 2.50. The minimum absolute atomic E-state index is 0.0463. The van der Waals surface area contributed by atoms with Gasteiger partial charge in [-0.05, 0) is 19.3 Å². The van der Waals surface area contributed by atoms with E-state index in [2.05, 4.69) is 0 Å². The molecule has 1 unspecified atom stereocenters. The number of nitrogens with two attached hydrogens (primary N) is 1. The highest BCUT2D eigenvalue weighted by atomic mass is 16.6. The Morgan fingerprint density at radius 2 is 2.33 bits per heavy atom. The highest BCUT2D eigenvalue weighted by molar-refractivity contribution is 4.82. The number of hydrogen-bond donors (Lipinski definition) is 1. The van der Waals surface area contributed by atoms with Crippen molar-refractivity contribution in [2.24, 2.45) is 5.73 Å². The number of hydrogen-bond acceptors (Lipinski definition) is 4. The number of rotatable bonds is 2. The lowest BCUT2D eigenvalue weighted by Gasteiger charge is -2.30. The summed E-state index contributed by atoms with van der Waals surface area (Å²) in [5.41, 5.74) is 5.72. The van der Waals surface area contributed by atoms with Crippen LogP contribution in [0.15, 0.2) is 12.4 Å². The third-order valence-electron chi connectivity index (χ3n) is 1.97. The topological polar surface area (TPSA) is 72.4 Å². The monoisotopic (exact) mass is 171 g/mol. The van der Waals surface area contributed by atoms with Gasteiger partial charge in [0.05, 0.1) is 17.3 Å². The van der Waals surface area contributed by atoms with Crippen LogP contribution in [0.5, 0.6) is 0 Å². The van der Waals surface area contributed by atoms with Gasteiger partial charge < -0.3 is 10.6 Å². The smallest absolute Gasteiger partial charge is 0.250 e. The maximum atomic E-state index is 10.00. The van der Waals surface area contributed by atoms with Crippen molar-refractivity contribution in [3.63, 3.8) is 0 Å². The average molecular weight is 171 g/mol. The van der Waals surface area contributed by atoms with E-state index in [0.29, 0.717) is 0 Å². The molecule has 1 saturated heterocycles. The van der Waals surface area contributed by atoms with E-state index in [0.717, 1.165) is 32.0 Å². The lowest BCUT2D eigenvalue weighted by Crippen LogP contribution is -2.41. The Morgan fingerprint density at radius 1 is 1.58 bits per heavy atom. The van der Waals surface area contributed by atoms with Crippen molar-refractivity contribution in [3.8, 4) is 0 Å². The molecule has 12 heavy (non-hydrogen) atoms. The van der Waals surface area contributed by atoms with Gasteiger partial charge in [-0.15, -0.1) is 0 Å². The second-order valence-corrected chi connectivity index (χ2v) is 2.88. The number of nitrogens with zero attached hydrogens (tertiary/aromatic N) is 2. The summed E-state index contributed by atoms with van der Waals surface area (Å²) in [5.74, 6) is 0. The van der Waals surface area contributed by atoms with Crippen LogP contribution in [0.3, 0.4) is 0 Å². The van der Waals surface area contributed by atoms with Crippen LogP contribution in [0.2, 0.25) is 0 Å². The van der Waals surface area contributed by atoms with E-state index in [-0.39, 0.29) is 6.17 Å². The largest absolute Gasteiger partial charge is 0.357 e. The van der Waals surface area contributed by atoms with Gasteiger partial charge in [-0.25, -0.2) is 0 Å². The van der Waals surface area contributed by atoms with E-state index in [9.17, 15) is 10.1 Å². The fourth-order valence-corrected chi connectivity index (χ4v) is 1.30. The molecule has 1 aliphatic rings. The minimum atomic E-state index is -0.471. The molecule has 0 amide bonds. The van der Waals surface area contributed by atoms with Crippen LogP contribution in [-0.2, 0) is 0 Å². The Morgan fingerprint density at radius 3 is 2.92 bits per heavy atom. The molecule has 1 fully saturated rings. The Hall–Kier alpha value is -1.10. The van der Waals surface area contributed by atoms with Gasteiger partial charge in [0.15, 0.2) is 0 Å². The zero-order valence-electron chi connectivity index (χ0n) is 6.85. The van der Waals surface area contributed by atoms with Crippen molar-refractivity contribution in [3.05, 3.63) is 22.5 Å². The molecule has 0 bridgehead atoms. The summed E-state index contributed by atoms with van der Waals surface area (Å²) in [4.78, 5) is 11.3. The highest BCUT2D eigenvalue weighted by Gasteiger charge is 2.15. The summed E-state index contributed by atoms with van der Waals surface area (Å²) in [6, 6.07) is 0. The van der Waals surface area contributed by atoms with Crippen molar-refractivity contribution in [2.75, 3.05) is 6.54 Å². The van der Waals surface area contributed by atoms with E-state index >= 15 is 0 Å². The summed E-state index contributed by atoms with van der Waals surface area (Å²) < 4.78 is 0. The van der Waals surface area contributed by atoms with Gasteiger partial charge in [-0.3, -0.25) is 10.1 Å². The van der Waals surface area contributed by atoms with Crippen molar-refractivity contribution < 1.29 is 4.92 Å². The van der Waals surface area contributed by atoms with Gasteiger partial charge in [-0.1, -0.05) is 0 Å². The van der Waals surface area contributed by atoms with Crippen LogP contribution in [0.4, 0.5) is 0 Å². The van der Waals surface area contributed by atoms with Gasteiger partial charge in [0.2, 0.25) is 6.20 Å². The molecule has 0 spiro atoms. The summed E-state index contributed by atoms with van der Waals surface area (Å²) in [5, 5.41) is 10.00. The van der Waals surface area contributed by atoms with E-state index in [1.54, 1.807) is 0 Å². The highest BCUT2D eigenvalue weighted by Crippen LogP contribution is 2.12. The molecule has 0 aromatic carbocycles. The first-order chi connectivity index (χ1) is 5.70. The molecule has 5 nitrogen and oxygen atoms in total. The number of likely N-dealkylation sites (tertiary alicyclic amines) is 1. The molecule has 0 aromatic heterocycles. The van der Waals surface area contributed by atoms with Gasteiger partial charge in [-0.2, -0.15) is 0 Å². The predicted molar refractivity (Wildman–Crippen MR) is 44.7 cm³/mol. The zero-order valence-corrected chi connectivity index (χ0v) is 6.85. The minimum Gasteiger partial charge on any atom is -0.357 e. The standard InChI is InChI=1S/C7H13N3O2/c8-7-3-1-2-4-9(7)5-6-10(11)12/h5-7H,1-4,8H2. The van der Waals surface area contributed by atoms with Gasteiger partial charge >= 0.3 is 0 Å². The zero-order chi connectivity index (χ0) is 8.97. The fraction of sp³-hybridized carbons (Fsp3) is 0.714. The molecular formula is C7H13N3O2. The van der Waals surface area contributed by atoms with E-state index in [1.807, 2.05) is 4.90 Å². The molecule has 0 saturated carbocycles. The van der Waals surface area contributed by atoms with Crippen LogP contribution in [0.25, 0.3) is 0 Å². The summed E-state index contributed by atoms with van der Waals surface area (Å²) in [7, 11) is 0. The molecule has 0 aliphatic carbocycles. The normalized spacial score (nSPS) is 24.8. The molecular weight excluding hydrogens is 158 g/mol. The van der Waals surface area contributed by atoms with Crippen molar-refractivity contribution >= 4 is 0 Å². The van der Waals surface area contributed by atoms with Gasteiger partial charge in [0.25, 0.3) is 0 Å². The summed E-state index contributed by atoms with van der Waals surface area (Å²) in [6.45, 7) is 0.825. The predicted octanol–water partition coefficient (Wildman–Crippen LogP) is 0.505. The SMILES string of the molecule is NC1CCCCN1C=C[N+](=O)[O-]. The Kier molecular flexibility index (Phi) is 3.04. The lowest BCUT2D eigenvalue weighted by atomic mass is 10.1. The molecule has 68 valence electrons. The molecule has 1 atom stereocenters. The fourth-order valence-electron chi connectivity index (χ4n) is 1.30. The maximum absolute atomic E-state index is 10.00. The lowest BCUT2D eigenvalue weighted by molar-refractivity contribution is -0.403. The van der Waals surface area contributed by atoms with E-state index < -0.39 is 4.92 Å². The first-order valence-electron chi connectivity index (χ1n) is 4.03. The molecule has 2 N–H and O–H groups in total. The van der Waals surface area contributed by atoms with E-state index in [4.69, 9.17) is 5.73 Å². The van der Waals surface area contributed by atoms with Crippen LogP contribution >= 0.6 is 0 Å². The molecule has 1 aliphatic heterocycles. The Bertz CT molecular complexity index is 193. The van der Waals surface area contributed by atoms with Crippen LogP contribution in [-0.4, -0.2) is 22.5 Å². The first kappa shape index (κ1) is 8.99. The van der Waals surface area contributed by atoms with Crippen LogP contribution < -0.4 is 5.73 Å². The van der Waals surface area contributed by atoms with Crippen molar-refractivity contribution in [1.82, 2.24) is 4.90 Å². The quantitative estimate of drug-likeness (QED) is 0.485. The molecule has 5 heteroatoms. The van der Waals surface area contributed by atoms with Gasteiger partial charge in [0, 0.05) is 6.54 Å². The van der Waals surface area contributed by atoms with Crippen LogP contribution in [0, 0.1) is 10.1 Å². The maximum Gasteiger partial charge on any atom is 0.250 e. The third-order valence-corrected chi connectivity index (χ3v) is 1.97. The second kappa shape index (κ2) is 4.06.